The summed E-state index contributed by atoms with van der Waals surface area (Å²) in [7, 11) is -0.769. The van der Waals surface area contributed by atoms with E-state index in [4.69, 9.17) is 16.3 Å². The highest BCUT2D eigenvalue weighted by Crippen LogP contribution is 2.19. The second kappa shape index (κ2) is 11.8. The molecular formula is C25H26ClN3O5S. The Morgan fingerprint density at radius 1 is 0.971 bits per heavy atom. The Labute approximate surface area is 209 Å². The summed E-state index contributed by atoms with van der Waals surface area (Å²) < 4.78 is 32.4. The molecule has 0 saturated carbocycles. The molecule has 2 amide bonds. The molecule has 0 radical (unpaired) electrons. The van der Waals surface area contributed by atoms with Crippen molar-refractivity contribution in [1.82, 2.24) is 10.0 Å². The van der Waals surface area contributed by atoms with Crippen molar-refractivity contribution in [2.24, 2.45) is 0 Å². The molecule has 0 unspecified atom stereocenters. The van der Waals surface area contributed by atoms with Crippen LogP contribution in [0.2, 0.25) is 5.02 Å². The molecule has 0 aliphatic heterocycles. The predicted molar refractivity (Wildman–Crippen MR) is 135 cm³/mol. The van der Waals surface area contributed by atoms with E-state index in [0.717, 1.165) is 5.56 Å². The molecule has 0 aliphatic carbocycles. The number of rotatable bonds is 10. The summed E-state index contributed by atoms with van der Waals surface area (Å²) in [6.45, 7) is -0.532. The van der Waals surface area contributed by atoms with E-state index < -0.39 is 28.5 Å². The van der Waals surface area contributed by atoms with Crippen LogP contribution in [0.1, 0.15) is 5.56 Å². The summed E-state index contributed by atoms with van der Waals surface area (Å²) in [6, 6.07) is 20.8. The fourth-order valence-corrected chi connectivity index (χ4v) is 4.43. The Morgan fingerprint density at radius 3 is 2.20 bits per heavy atom. The van der Waals surface area contributed by atoms with Gasteiger partial charge < -0.3 is 15.0 Å². The molecule has 0 bridgehead atoms. The molecule has 0 saturated heterocycles. The summed E-state index contributed by atoms with van der Waals surface area (Å²) in [5.74, 6) is -0.343. The van der Waals surface area contributed by atoms with E-state index in [2.05, 4.69) is 10.0 Å². The molecule has 0 aliphatic rings. The lowest BCUT2D eigenvalue weighted by Gasteiger charge is -2.25. The molecule has 0 fully saturated rings. The molecule has 1 atom stereocenters. The van der Waals surface area contributed by atoms with Gasteiger partial charge in [0.05, 0.1) is 18.6 Å². The first-order chi connectivity index (χ1) is 16.7. The zero-order chi connectivity index (χ0) is 25.4. The van der Waals surface area contributed by atoms with E-state index >= 15 is 0 Å². The molecule has 0 aromatic heterocycles. The summed E-state index contributed by atoms with van der Waals surface area (Å²) in [5.41, 5.74) is 1.46. The number of benzene rings is 3. The minimum Gasteiger partial charge on any atom is -0.497 e. The molecule has 184 valence electrons. The van der Waals surface area contributed by atoms with Crippen molar-refractivity contribution in [3.8, 4) is 5.75 Å². The second-order valence-electron chi connectivity index (χ2n) is 7.68. The van der Waals surface area contributed by atoms with Gasteiger partial charge in [0.1, 0.15) is 11.8 Å². The van der Waals surface area contributed by atoms with Crippen LogP contribution in [0.5, 0.6) is 5.75 Å². The van der Waals surface area contributed by atoms with Crippen LogP contribution in [0.25, 0.3) is 0 Å². The van der Waals surface area contributed by atoms with E-state index in [0.29, 0.717) is 16.5 Å². The lowest BCUT2D eigenvalue weighted by molar-refractivity contribution is -0.126. The Balaban J connectivity index is 1.72. The van der Waals surface area contributed by atoms with Crippen molar-refractivity contribution in [1.29, 1.82) is 0 Å². The van der Waals surface area contributed by atoms with E-state index in [9.17, 15) is 18.0 Å². The number of nitrogens with zero attached hydrogens (tertiary/aromatic N) is 1. The molecular weight excluding hydrogens is 490 g/mol. The SMILES string of the molecule is COc1ccc(N(C)C(=O)[C@H](Cc2ccccc2)NC(=O)CNS(=O)(=O)c2ccc(Cl)cc2)cc1. The van der Waals surface area contributed by atoms with Crippen LogP contribution < -0.4 is 19.7 Å². The van der Waals surface area contributed by atoms with Crippen molar-refractivity contribution < 1.29 is 22.7 Å². The van der Waals surface area contributed by atoms with Gasteiger partial charge >= 0.3 is 0 Å². The zero-order valence-electron chi connectivity index (χ0n) is 19.3. The van der Waals surface area contributed by atoms with Crippen molar-refractivity contribution in [2.45, 2.75) is 17.4 Å². The van der Waals surface area contributed by atoms with Crippen LogP contribution in [0.15, 0.2) is 83.8 Å². The van der Waals surface area contributed by atoms with E-state index in [1.165, 1.54) is 29.2 Å². The number of hydrogen-bond acceptors (Lipinski definition) is 5. The number of methoxy groups -OCH3 is 1. The highest BCUT2D eigenvalue weighted by atomic mass is 35.5. The molecule has 3 aromatic rings. The minimum absolute atomic E-state index is 0.0224. The van der Waals surface area contributed by atoms with Crippen molar-refractivity contribution in [3.05, 3.63) is 89.4 Å². The highest BCUT2D eigenvalue weighted by Gasteiger charge is 2.26. The Hall–Kier alpha value is -3.40. The first kappa shape index (κ1) is 26.2. The third-order valence-corrected chi connectivity index (χ3v) is 6.92. The highest BCUT2D eigenvalue weighted by molar-refractivity contribution is 7.89. The van der Waals surface area contributed by atoms with Gasteiger partial charge in [-0.3, -0.25) is 9.59 Å². The lowest BCUT2D eigenvalue weighted by Crippen LogP contribution is -2.51. The van der Waals surface area contributed by atoms with Crippen LogP contribution >= 0.6 is 11.6 Å². The van der Waals surface area contributed by atoms with Gasteiger partial charge in [0, 0.05) is 24.2 Å². The summed E-state index contributed by atoms with van der Waals surface area (Å²) in [5, 5.41) is 3.06. The van der Waals surface area contributed by atoms with Gasteiger partial charge in [-0.1, -0.05) is 41.9 Å². The Bertz CT molecular complexity index is 1250. The molecule has 35 heavy (non-hydrogen) atoms. The number of carbonyl (C=O) groups excluding carboxylic acids is 2. The van der Waals surface area contributed by atoms with E-state index in [-0.39, 0.29) is 17.2 Å². The van der Waals surface area contributed by atoms with Crippen LogP contribution in [-0.2, 0) is 26.0 Å². The van der Waals surface area contributed by atoms with Gasteiger partial charge in [0.2, 0.25) is 21.8 Å². The van der Waals surface area contributed by atoms with E-state index in [1.54, 1.807) is 38.4 Å². The van der Waals surface area contributed by atoms with Gasteiger partial charge in [-0.25, -0.2) is 13.1 Å². The van der Waals surface area contributed by atoms with Gasteiger partial charge in [-0.05, 0) is 54.1 Å². The summed E-state index contributed by atoms with van der Waals surface area (Å²) >= 11 is 5.81. The zero-order valence-corrected chi connectivity index (χ0v) is 20.8. The number of likely N-dealkylation sites (N-methyl/N-ethyl adjacent to an activating group) is 1. The largest absolute Gasteiger partial charge is 0.497 e. The van der Waals surface area contributed by atoms with Crippen molar-refractivity contribution in [3.63, 3.8) is 0 Å². The number of sulfonamides is 1. The number of anilines is 1. The summed E-state index contributed by atoms with van der Waals surface area (Å²) in [4.78, 5) is 27.4. The quantitative estimate of drug-likeness (QED) is 0.432. The maximum atomic E-state index is 13.3. The van der Waals surface area contributed by atoms with Crippen LogP contribution in [0, 0.1) is 0 Å². The molecule has 10 heteroatoms. The number of amides is 2. The minimum atomic E-state index is -3.93. The van der Waals surface area contributed by atoms with Crippen LogP contribution in [0.4, 0.5) is 5.69 Å². The maximum Gasteiger partial charge on any atom is 0.249 e. The van der Waals surface area contributed by atoms with Crippen molar-refractivity contribution in [2.75, 3.05) is 25.6 Å². The van der Waals surface area contributed by atoms with Gasteiger partial charge in [-0.15, -0.1) is 0 Å². The van der Waals surface area contributed by atoms with Crippen molar-refractivity contribution >= 4 is 39.1 Å². The smallest absolute Gasteiger partial charge is 0.249 e. The third-order valence-electron chi connectivity index (χ3n) is 5.25. The van der Waals surface area contributed by atoms with Gasteiger partial charge in [0.25, 0.3) is 0 Å². The average molecular weight is 516 g/mol. The monoisotopic (exact) mass is 515 g/mol. The number of nitrogens with one attached hydrogen (secondary N) is 2. The maximum absolute atomic E-state index is 13.3. The Kier molecular flexibility index (Phi) is 8.86. The normalized spacial score (nSPS) is 12.0. The standard InChI is InChI=1S/C25H26ClN3O5S/c1-29(20-10-12-21(34-2)13-11-20)25(31)23(16-18-6-4-3-5-7-18)28-24(30)17-27-35(32,33)22-14-8-19(26)9-15-22/h3-15,23,27H,16-17H2,1-2H3,(H,28,30)/t23-/m0/s1. The number of halogens is 1. The molecule has 2 N–H and O–H groups in total. The second-order valence-corrected chi connectivity index (χ2v) is 9.89. The molecule has 3 aromatic carbocycles. The average Bonchev–Trinajstić information content (AvgIpc) is 2.87. The van der Waals surface area contributed by atoms with Gasteiger partial charge in [-0.2, -0.15) is 0 Å². The predicted octanol–water partition coefficient (Wildman–Crippen LogP) is 3.02. The van der Waals surface area contributed by atoms with Crippen LogP contribution in [-0.4, -0.2) is 47.0 Å². The lowest BCUT2D eigenvalue weighted by atomic mass is 10.0. The molecule has 3 rings (SSSR count). The number of hydrogen-bond donors (Lipinski definition) is 2. The molecule has 8 nitrogen and oxygen atoms in total. The Morgan fingerprint density at radius 2 is 1.60 bits per heavy atom. The fourth-order valence-electron chi connectivity index (χ4n) is 3.32. The first-order valence-corrected chi connectivity index (χ1v) is 12.6. The topological polar surface area (TPSA) is 105 Å². The van der Waals surface area contributed by atoms with E-state index in [1.807, 2.05) is 30.3 Å². The number of ether oxygens (including phenoxy) is 1. The fraction of sp³-hybridized carbons (Fsp3) is 0.200. The molecule has 0 heterocycles. The van der Waals surface area contributed by atoms with Gasteiger partial charge in [0.15, 0.2) is 0 Å². The first-order valence-electron chi connectivity index (χ1n) is 10.7. The summed E-state index contributed by atoms with van der Waals surface area (Å²) in [6.07, 6.45) is 0.232. The third kappa shape index (κ3) is 7.29. The molecule has 0 spiro atoms. The van der Waals surface area contributed by atoms with Crippen LogP contribution in [0.3, 0.4) is 0 Å². The number of carbonyl (C=O) groups is 2.